The SMILES string of the molecule is CCNC(=NCC1CN(C)CCO1)NCCCN(C(C)C)C(C)C.I. The monoisotopic (exact) mass is 469 g/mol. The predicted molar refractivity (Wildman–Crippen MR) is 118 cm³/mol. The second-order valence-corrected chi connectivity index (χ2v) is 7.18. The number of guanidine groups is 1. The average molecular weight is 469 g/mol. The fraction of sp³-hybridized carbons (Fsp3) is 0.944. The van der Waals surface area contributed by atoms with Crippen LogP contribution >= 0.6 is 24.0 Å². The molecular weight excluding hydrogens is 429 g/mol. The Balaban J connectivity index is 0.00000576. The third-order valence-electron chi connectivity index (χ3n) is 4.35. The zero-order valence-corrected chi connectivity index (χ0v) is 19.4. The quantitative estimate of drug-likeness (QED) is 0.234. The molecule has 0 aromatic rings. The normalized spacial score (nSPS) is 19.4. The fourth-order valence-electron chi connectivity index (χ4n) is 3.09. The van der Waals surface area contributed by atoms with Gasteiger partial charge in [-0.2, -0.15) is 0 Å². The van der Waals surface area contributed by atoms with Crippen molar-refractivity contribution in [3.8, 4) is 0 Å². The average Bonchev–Trinajstić information content (AvgIpc) is 2.51. The van der Waals surface area contributed by atoms with Crippen LogP contribution in [-0.2, 0) is 4.74 Å². The molecule has 0 amide bonds. The summed E-state index contributed by atoms with van der Waals surface area (Å²) in [6.45, 7) is 17.6. The molecule has 6 nitrogen and oxygen atoms in total. The molecule has 1 aliphatic heterocycles. The minimum atomic E-state index is 0. The lowest BCUT2D eigenvalue weighted by Crippen LogP contribution is -2.43. The summed E-state index contributed by atoms with van der Waals surface area (Å²) in [4.78, 5) is 9.51. The molecule has 1 atom stereocenters. The van der Waals surface area contributed by atoms with Gasteiger partial charge < -0.3 is 20.3 Å². The van der Waals surface area contributed by atoms with E-state index in [1.54, 1.807) is 0 Å². The van der Waals surface area contributed by atoms with Gasteiger partial charge in [-0.05, 0) is 48.1 Å². The van der Waals surface area contributed by atoms with E-state index in [1.807, 2.05) is 0 Å². The van der Waals surface area contributed by atoms with Crippen LogP contribution in [0.3, 0.4) is 0 Å². The van der Waals surface area contributed by atoms with Crippen molar-refractivity contribution in [1.29, 1.82) is 0 Å². The van der Waals surface area contributed by atoms with Crippen molar-refractivity contribution in [2.24, 2.45) is 4.99 Å². The van der Waals surface area contributed by atoms with E-state index in [0.29, 0.717) is 18.6 Å². The molecule has 0 aromatic carbocycles. The minimum Gasteiger partial charge on any atom is -0.374 e. The first-order valence-electron chi connectivity index (χ1n) is 9.52. The number of morpholine rings is 1. The molecule has 1 aliphatic rings. The smallest absolute Gasteiger partial charge is 0.191 e. The first kappa shape index (κ1) is 24.9. The standard InChI is InChI=1S/C18H39N5O.HI/c1-7-19-18(21-13-17-14-22(6)11-12-24-17)20-9-8-10-23(15(2)3)16(4)5;/h15-17H,7-14H2,1-6H3,(H2,19,20,21);1H. The van der Waals surface area contributed by atoms with Gasteiger partial charge in [0.15, 0.2) is 5.96 Å². The summed E-state index contributed by atoms with van der Waals surface area (Å²) in [5, 5.41) is 6.77. The molecule has 0 aliphatic carbocycles. The zero-order valence-electron chi connectivity index (χ0n) is 17.0. The van der Waals surface area contributed by atoms with Gasteiger partial charge in [-0.15, -0.1) is 24.0 Å². The second kappa shape index (κ2) is 14.0. The van der Waals surface area contributed by atoms with E-state index in [2.05, 4.69) is 67.1 Å². The molecule has 0 radical (unpaired) electrons. The highest BCUT2D eigenvalue weighted by Crippen LogP contribution is 2.05. The molecule has 25 heavy (non-hydrogen) atoms. The fourth-order valence-corrected chi connectivity index (χ4v) is 3.09. The van der Waals surface area contributed by atoms with E-state index >= 15 is 0 Å². The Hall–Kier alpha value is -0.120. The highest BCUT2D eigenvalue weighted by atomic mass is 127. The Labute approximate surface area is 172 Å². The van der Waals surface area contributed by atoms with Crippen molar-refractivity contribution in [1.82, 2.24) is 20.4 Å². The van der Waals surface area contributed by atoms with Crippen molar-refractivity contribution in [2.45, 2.75) is 59.2 Å². The van der Waals surface area contributed by atoms with Crippen LogP contribution in [0.2, 0.25) is 0 Å². The maximum absolute atomic E-state index is 5.78. The van der Waals surface area contributed by atoms with E-state index < -0.39 is 0 Å². The van der Waals surface area contributed by atoms with Crippen molar-refractivity contribution in [3.05, 3.63) is 0 Å². The van der Waals surface area contributed by atoms with Gasteiger partial charge in [-0.1, -0.05) is 0 Å². The van der Waals surface area contributed by atoms with Gasteiger partial charge in [0.1, 0.15) is 0 Å². The molecule has 1 rings (SSSR count). The molecular formula is C18H40IN5O. The molecule has 1 unspecified atom stereocenters. The molecule has 1 saturated heterocycles. The predicted octanol–water partition coefficient (Wildman–Crippen LogP) is 2.00. The van der Waals surface area contributed by atoms with Gasteiger partial charge in [0.2, 0.25) is 0 Å². The number of aliphatic imine (C=N–C) groups is 1. The van der Waals surface area contributed by atoms with Crippen LogP contribution in [0, 0.1) is 0 Å². The van der Waals surface area contributed by atoms with Crippen LogP contribution in [-0.4, -0.2) is 86.9 Å². The second-order valence-electron chi connectivity index (χ2n) is 7.18. The van der Waals surface area contributed by atoms with E-state index in [4.69, 9.17) is 4.74 Å². The van der Waals surface area contributed by atoms with Crippen LogP contribution in [0.25, 0.3) is 0 Å². The summed E-state index contributed by atoms with van der Waals surface area (Å²) in [5.74, 6) is 0.898. The number of halogens is 1. The van der Waals surface area contributed by atoms with E-state index in [9.17, 15) is 0 Å². The van der Waals surface area contributed by atoms with Crippen LogP contribution < -0.4 is 10.6 Å². The number of nitrogens with zero attached hydrogens (tertiary/aromatic N) is 3. The van der Waals surface area contributed by atoms with Crippen molar-refractivity contribution < 1.29 is 4.74 Å². The van der Waals surface area contributed by atoms with Gasteiger partial charge >= 0.3 is 0 Å². The highest BCUT2D eigenvalue weighted by molar-refractivity contribution is 14.0. The number of hydrogen-bond donors (Lipinski definition) is 2. The minimum absolute atomic E-state index is 0. The van der Waals surface area contributed by atoms with Crippen molar-refractivity contribution in [3.63, 3.8) is 0 Å². The van der Waals surface area contributed by atoms with Gasteiger partial charge in [0.25, 0.3) is 0 Å². The molecule has 1 heterocycles. The number of ether oxygens (including phenoxy) is 1. The summed E-state index contributed by atoms with van der Waals surface area (Å²) in [6, 6.07) is 1.18. The first-order chi connectivity index (χ1) is 11.4. The van der Waals surface area contributed by atoms with Crippen LogP contribution in [0.4, 0.5) is 0 Å². The number of rotatable bonds is 9. The lowest BCUT2D eigenvalue weighted by atomic mass is 10.2. The van der Waals surface area contributed by atoms with Crippen LogP contribution in [0.15, 0.2) is 4.99 Å². The third kappa shape index (κ3) is 10.6. The Morgan fingerprint density at radius 3 is 2.48 bits per heavy atom. The molecule has 0 saturated carbocycles. The summed E-state index contributed by atoms with van der Waals surface area (Å²) in [6.07, 6.45) is 1.32. The lowest BCUT2D eigenvalue weighted by molar-refractivity contribution is -0.0136. The highest BCUT2D eigenvalue weighted by Gasteiger charge is 2.17. The van der Waals surface area contributed by atoms with Crippen molar-refractivity contribution in [2.75, 3.05) is 52.9 Å². The van der Waals surface area contributed by atoms with Crippen LogP contribution in [0.1, 0.15) is 41.0 Å². The Morgan fingerprint density at radius 1 is 1.24 bits per heavy atom. The van der Waals surface area contributed by atoms with Gasteiger partial charge in [0.05, 0.1) is 19.3 Å². The molecule has 0 aromatic heterocycles. The topological polar surface area (TPSA) is 52.1 Å². The van der Waals surface area contributed by atoms with E-state index in [0.717, 1.165) is 51.7 Å². The summed E-state index contributed by atoms with van der Waals surface area (Å²) < 4.78 is 5.78. The maximum atomic E-state index is 5.78. The molecule has 150 valence electrons. The third-order valence-corrected chi connectivity index (χ3v) is 4.35. The molecule has 2 N–H and O–H groups in total. The largest absolute Gasteiger partial charge is 0.374 e. The molecule has 0 spiro atoms. The molecule has 7 heteroatoms. The van der Waals surface area contributed by atoms with Gasteiger partial charge in [-0.25, -0.2) is 0 Å². The van der Waals surface area contributed by atoms with Gasteiger partial charge in [-0.3, -0.25) is 9.89 Å². The first-order valence-corrected chi connectivity index (χ1v) is 9.52. The Kier molecular flexibility index (Phi) is 13.9. The number of likely N-dealkylation sites (N-methyl/N-ethyl adjacent to an activating group) is 1. The van der Waals surface area contributed by atoms with E-state index in [1.165, 1.54) is 0 Å². The van der Waals surface area contributed by atoms with Crippen LogP contribution in [0.5, 0.6) is 0 Å². The Bertz CT molecular complexity index is 357. The molecule has 1 fully saturated rings. The summed E-state index contributed by atoms with van der Waals surface area (Å²) in [7, 11) is 2.14. The summed E-state index contributed by atoms with van der Waals surface area (Å²) >= 11 is 0. The van der Waals surface area contributed by atoms with Gasteiger partial charge in [0, 0.05) is 44.8 Å². The Morgan fingerprint density at radius 2 is 1.92 bits per heavy atom. The van der Waals surface area contributed by atoms with Crippen molar-refractivity contribution >= 4 is 29.9 Å². The zero-order chi connectivity index (χ0) is 17.9. The molecule has 0 bridgehead atoms. The number of nitrogens with one attached hydrogen (secondary N) is 2. The maximum Gasteiger partial charge on any atom is 0.191 e. The summed E-state index contributed by atoms with van der Waals surface area (Å²) in [5.41, 5.74) is 0. The van der Waals surface area contributed by atoms with E-state index in [-0.39, 0.29) is 30.1 Å². The lowest BCUT2D eigenvalue weighted by Gasteiger charge is -2.30. The number of hydrogen-bond acceptors (Lipinski definition) is 4.